The average molecular weight is 378 g/mol. The summed E-state index contributed by atoms with van der Waals surface area (Å²) < 4.78 is 11.3. The molecule has 1 amide bonds. The number of thioether (sulfide) groups is 1. The third kappa shape index (κ3) is 4.41. The fourth-order valence-electron chi connectivity index (χ4n) is 2.45. The van der Waals surface area contributed by atoms with Crippen molar-refractivity contribution in [3.63, 3.8) is 0 Å². The summed E-state index contributed by atoms with van der Waals surface area (Å²) >= 11 is 7.59. The van der Waals surface area contributed by atoms with Gasteiger partial charge in [0.2, 0.25) is 5.91 Å². The molecule has 1 aliphatic rings. The van der Waals surface area contributed by atoms with Gasteiger partial charge in [0.05, 0.1) is 18.5 Å². The highest BCUT2D eigenvalue weighted by Gasteiger charge is 2.18. The highest BCUT2D eigenvalue weighted by Crippen LogP contribution is 2.35. The Kier molecular flexibility index (Phi) is 5.76. The van der Waals surface area contributed by atoms with Gasteiger partial charge in [-0.1, -0.05) is 17.7 Å². The lowest BCUT2D eigenvalue weighted by Gasteiger charge is -2.15. The lowest BCUT2D eigenvalue weighted by molar-refractivity contribution is -0.115. The predicted molar refractivity (Wildman–Crippen MR) is 102 cm³/mol. The zero-order chi connectivity index (χ0) is 17.8. The maximum Gasteiger partial charge on any atom is 0.237 e. The van der Waals surface area contributed by atoms with Gasteiger partial charge in [-0.15, -0.1) is 11.8 Å². The van der Waals surface area contributed by atoms with E-state index in [1.54, 1.807) is 0 Å². The Labute approximate surface area is 156 Å². The lowest BCUT2D eigenvalue weighted by atomic mass is 10.2. The van der Waals surface area contributed by atoms with Crippen molar-refractivity contribution < 1.29 is 14.3 Å². The largest absolute Gasteiger partial charge is 0.490 e. The number of halogens is 1. The zero-order valence-electron chi connectivity index (χ0n) is 14.2. The summed E-state index contributed by atoms with van der Waals surface area (Å²) in [6.45, 7) is 5.07. The van der Waals surface area contributed by atoms with Crippen LogP contribution in [-0.4, -0.2) is 24.4 Å². The van der Waals surface area contributed by atoms with Crippen molar-refractivity contribution in [3.05, 3.63) is 47.0 Å². The van der Waals surface area contributed by atoms with Gasteiger partial charge < -0.3 is 14.8 Å². The summed E-state index contributed by atoms with van der Waals surface area (Å²) in [5.74, 6) is 1.43. The van der Waals surface area contributed by atoms with Gasteiger partial charge in [-0.2, -0.15) is 0 Å². The molecule has 0 aliphatic carbocycles. The quantitative estimate of drug-likeness (QED) is 0.767. The molecule has 0 spiro atoms. The Morgan fingerprint density at radius 3 is 2.76 bits per heavy atom. The second-order valence-electron chi connectivity index (χ2n) is 5.82. The first-order valence-corrected chi connectivity index (χ1v) is 9.42. The molecule has 0 saturated heterocycles. The minimum absolute atomic E-state index is 0.0672. The van der Waals surface area contributed by atoms with Crippen LogP contribution in [0.4, 0.5) is 5.69 Å². The number of rotatable bonds is 4. The van der Waals surface area contributed by atoms with E-state index in [1.807, 2.05) is 50.2 Å². The third-order valence-corrected chi connectivity index (χ3v) is 5.43. The van der Waals surface area contributed by atoms with Crippen LogP contribution in [0.2, 0.25) is 5.02 Å². The molecule has 1 aliphatic heterocycles. The van der Waals surface area contributed by atoms with Crippen molar-refractivity contribution in [2.45, 2.75) is 30.4 Å². The van der Waals surface area contributed by atoms with Crippen LogP contribution in [-0.2, 0) is 4.79 Å². The summed E-state index contributed by atoms with van der Waals surface area (Å²) in [6.07, 6.45) is 0.870. The van der Waals surface area contributed by atoms with E-state index in [-0.39, 0.29) is 11.2 Å². The van der Waals surface area contributed by atoms with E-state index in [0.29, 0.717) is 18.2 Å². The number of ether oxygens (including phenoxy) is 2. The van der Waals surface area contributed by atoms with Gasteiger partial charge in [-0.05, 0) is 49.7 Å². The topological polar surface area (TPSA) is 47.6 Å². The number of carbonyl (C=O) groups excluding carboxylic acids is 1. The van der Waals surface area contributed by atoms with Crippen LogP contribution in [0.5, 0.6) is 11.5 Å². The van der Waals surface area contributed by atoms with Crippen molar-refractivity contribution in [2.75, 3.05) is 18.5 Å². The van der Waals surface area contributed by atoms with Crippen molar-refractivity contribution in [1.29, 1.82) is 0 Å². The van der Waals surface area contributed by atoms with Gasteiger partial charge in [-0.3, -0.25) is 4.79 Å². The minimum atomic E-state index is -0.261. The van der Waals surface area contributed by atoms with E-state index < -0.39 is 0 Å². The molecule has 0 aromatic heterocycles. The minimum Gasteiger partial charge on any atom is -0.490 e. The van der Waals surface area contributed by atoms with Gasteiger partial charge >= 0.3 is 0 Å². The lowest BCUT2D eigenvalue weighted by Crippen LogP contribution is -2.22. The zero-order valence-corrected chi connectivity index (χ0v) is 15.7. The normalized spacial score (nSPS) is 14.5. The molecule has 132 valence electrons. The molecule has 1 unspecified atom stereocenters. The molecular formula is C19H20ClNO3S. The van der Waals surface area contributed by atoms with Gasteiger partial charge in [0.1, 0.15) is 0 Å². The summed E-state index contributed by atoms with van der Waals surface area (Å²) in [4.78, 5) is 13.5. The number of benzene rings is 2. The van der Waals surface area contributed by atoms with Crippen LogP contribution >= 0.6 is 23.4 Å². The smallest absolute Gasteiger partial charge is 0.237 e. The number of carbonyl (C=O) groups is 1. The van der Waals surface area contributed by atoms with E-state index in [9.17, 15) is 4.79 Å². The molecule has 2 aromatic rings. The molecule has 4 nitrogen and oxygen atoms in total. The third-order valence-electron chi connectivity index (χ3n) is 3.93. The van der Waals surface area contributed by atoms with Crippen LogP contribution in [0, 0.1) is 6.92 Å². The molecule has 0 bridgehead atoms. The molecule has 2 aromatic carbocycles. The predicted octanol–water partition coefficient (Wildman–Crippen LogP) is 4.93. The van der Waals surface area contributed by atoms with Gasteiger partial charge in [0.15, 0.2) is 11.5 Å². The molecule has 0 fully saturated rings. The van der Waals surface area contributed by atoms with Crippen molar-refractivity contribution >= 4 is 35.0 Å². The number of anilines is 1. The summed E-state index contributed by atoms with van der Waals surface area (Å²) in [5, 5.41) is 3.32. The first kappa shape index (κ1) is 18.0. The number of nitrogens with one attached hydrogen (secondary N) is 1. The molecule has 0 radical (unpaired) electrons. The molecular weight excluding hydrogens is 358 g/mol. The number of hydrogen-bond donors (Lipinski definition) is 1. The van der Waals surface area contributed by atoms with E-state index >= 15 is 0 Å². The Morgan fingerprint density at radius 1 is 1.20 bits per heavy atom. The summed E-state index contributed by atoms with van der Waals surface area (Å²) in [6, 6.07) is 11.3. The summed E-state index contributed by atoms with van der Waals surface area (Å²) in [5.41, 5.74) is 1.61. The standard InChI is InChI=1S/C19H20ClNO3S/c1-12-15(20)5-3-6-16(12)21-19(22)13(2)25-14-7-8-17-18(11-14)24-10-4-9-23-17/h3,5-8,11,13H,4,9-10H2,1-2H3,(H,21,22). The van der Waals surface area contributed by atoms with Crippen molar-refractivity contribution in [2.24, 2.45) is 0 Å². The first-order chi connectivity index (χ1) is 12.0. The van der Waals surface area contributed by atoms with E-state index in [0.717, 1.165) is 34.1 Å². The molecule has 6 heteroatoms. The van der Waals surface area contributed by atoms with Crippen LogP contribution in [0.25, 0.3) is 0 Å². The van der Waals surface area contributed by atoms with E-state index in [4.69, 9.17) is 21.1 Å². The van der Waals surface area contributed by atoms with Crippen molar-refractivity contribution in [1.82, 2.24) is 0 Å². The Hall–Kier alpha value is -1.85. The van der Waals surface area contributed by atoms with Gasteiger partial charge in [0, 0.05) is 22.0 Å². The fourth-order valence-corrected chi connectivity index (χ4v) is 3.52. The summed E-state index contributed by atoms with van der Waals surface area (Å²) in [7, 11) is 0. The SMILES string of the molecule is Cc1c(Cl)cccc1NC(=O)C(C)Sc1ccc2c(c1)OCCCO2. The second kappa shape index (κ2) is 8.02. The van der Waals surface area contributed by atoms with Crippen LogP contribution in [0.3, 0.4) is 0 Å². The van der Waals surface area contributed by atoms with Crippen LogP contribution in [0.1, 0.15) is 18.9 Å². The molecule has 1 atom stereocenters. The van der Waals surface area contributed by atoms with Gasteiger partial charge in [0.25, 0.3) is 0 Å². The highest BCUT2D eigenvalue weighted by molar-refractivity contribution is 8.00. The fraction of sp³-hybridized carbons (Fsp3) is 0.316. The molecule has 3 rings (SSSR count). The number of amides is 1. The van der Waals surface area contributed by atoms with E-state index in [1.165, 1.54) is 11.8 Å². The molecule has 25 heavy (non-hydrogen) atoms. The second-order valence-corrected chi connectivity index (χ2v) is 7.64. The maximum atomic E-state index is 12.5. The Bertz CT molecular complexity index is 781. The number of fused-ring (bicyclic) bond motifs is 1. The average Bonchev–Trinajstić information content (AvgIpc) is 2.83. The Morgan fingerprint density at radius 2 is 1.96 bits per heavy atom. The number of hydrogen-bond acceptors (Lipinski definition) is 4. The van der Waals surface area contributed by atoms with E-state index in [2.05, 4.69) is 5.32 Å². The molecule has 0 saturated carbocycles. The van der Waals surface area contributed by atoms with Crippen LogP contribution in [0.15, 0.2) is 41.3 Å². The highest BCUT2D eigenvalue weighted by atomic mass is 35.5. The molecule has 1 heterocycles. The Balaban J connectivity index is 1.67. The first-order valence-electron chi connectivity index (χ1n) is 8.17. The molecule has 1 N–H and O–H groups in total. The van der Waals surface area contributed by atoms with Gasteiger partial charge in [-0.25, -0.2) is 0 Å². The monoisotopic (exact) mass is 377 g/mol. The van der Waals surface area contributed by atoms with Crippen LogP contribution < -0.4 is 14.8 Å². The van der Waals surface area contributed by atoms with Crippen molar-refractivity contribution in [3.8, 4) is 11.5 Å². The maximum absolute atomic E-state index is 12.5.